The van der Waals surface area contributed by atoms with Crippen LogP contribution in [0.15, 0.2) is 24.3 Å². The molecule has 0 radical (unpaired) electrons. The van der Waals surface area contributed by atoms with Gasteiger partial charge in [0.2, 0.25) is 5.78 Å². The summed E-state index contributed by atoms with van der Waals surface area (Å²) < 4.78 is 5.16. The largest absolute Gasteiger partial charge is 0.453 e. The Bertz CT molecular complexity index is 827. The monoisotopic (exact) mass is 406 g/mol. The number of hydrogen-bond acceptors (Lipinski definition) is 5. The molecule has 1 aliphatic heterocycles. The van der Waals surface area contributed by atoms with Gasteiger partial charge in [-0.2, -0.15) is 0 Å². The molecule has 1 aliphatic carbocycles. The Kier molecular flexibility index (Phi) is 5.74. The van der Waals surface area contributed by atoms with E-state index in [2.05, 4.69) is 5.32 Å². The van der Waals surface area contributed by atoms with E-state index in [1.165, 1.54) is 13.0 Å². The van der Waals surface area contributed by atoms with Gasteiger partial charge in [0.15, 0.2) is 6.10 Å². The van der Waals surface area contributed by atoms with Gasteiger partial charge in [-0.1, -0.05) is 43.5 Å². The summed E-state index contributed by atoms with van der Waals surface area (Å²) in [7, 11) is 0. The summed E-state index contributed by atoms with van der Waals surface area (Å²) in [5.41, 5.74) is -0.615. The third kappa shape index (κ3) is 3.76. The van der Waals surface area contributed by atoms with Crippen molar-refractivity contribution >= 4 is 35.3 Å². The molecule has 28 heavy (non-hydrogen) atoms. The highest BCUT2D eigenvalue weighted by molar-refractivity contribution is 6.31. The summed E-state index contributed by atoms with van der Waals surface area (Å²) in [5.74, 6) is -1.62. The molecule has 1 aromatic carbocycles. The van der Waals surface area contributed by atoms with Crippen molar-refractivity contribution in [1.29, 1.82) is 0 Å². The Morgan fingerprint density at radius 2 is 2.11 bits per heavy atom. The van der Waals surface area contributed by atoms with E-state index < -0.39 is 41.9 Å². The first-order valence-corrected chi connectivity index (χ1v) is 9.76. The molecule has 1 aromatic rings. The summed E-state index contributed by atoms with van der Waals surface area (Å²) in [6.45, 7) is 2.86. The van der Waals surface area contributed by atoms with E-state index in [0.29, 0.717) is 17.0 Å². The second-order valence-electron chi connectivity index (χ2n) is 7.45. The number of amides is 3. The smallest absolute Gasteiger partial charge is 0.326 e. The number of nitrogens with zero attached hydrogens (tertiary/aromatic N) is 1. The second-order valence-corrected chi connectivity index (χ2v) is 7.88. The number of esters is 1. The number of ether oxygens (including phenoxy) is 1. The summed E-state index contributed by atoms with van der Waals surface area (Å²) in [4.78, 5) is 50.8. The molecule has 8 heteroatoms. The van der Waals surface area contributed by atoms with Gasteiger partial charge in [0.1, 0.15) is 12.1 Å². The molecule has 0 aromatic heterocycles. The maximum absolute atomic E-state index is 12.9. The van der Waals surface area contributed by atoms with Crippen LogP contribution in [0.3, 0.4) is 0 Å². The Morgan fingerprint density at radius 3 is 2.79 bits per heavy atom. The molecule has 1 N–H and O–H groups in total. The number of urea groups is 1. The van der Waals surface area contributed by atoms with E-state index in [-0.39, 0.29) is 5.92 Å². The number of hydrogen-bond donors (Lipinski definition) is 1. The van der Waals surface area contributed by atoms with Gasteiger partial charge in [0.05, 0.1) is 0 Å². The zero-order valence-corrected chi connectivity index (χ0v) is 16.6. The van der Waals surface area contributed by atoms with Crippen molar-refractivity contribution in [3.63, 3.8) is 0 Å². The predicted octanol–water partition coefficient (Wildman–Crippen LogP) is 2.96. The average Bonchev–Trinajstić information content (AvgIpc) is 2.88. The topological polar surface area (TPSA) is 92.8 Å². The van der Waals surface area contributed by atoms with Crippen LogP contribution in [-0.2, 0) is 14.3 Å². The maximum Gasteiger partial charge on any atom is 0.326 e. The normalized spacial score (nSPS) is 25.5. The maximum atomic E-state index is 12.9. The van der Waals surface area contributed by atoms with Gasteiger partial charge in [0.25, 0.3) is 5.91 Å². The van der Waals surface area contributed by atoms with Crippen LogP contribution < -0.4 is 5.32 Å². The lowest BCUT2D eigenvalue weighted by molar-refractivity contribution is -0.150. The molecule has 0 bridgehead atoms. The fourth-order valence-electron chi connectivity index (χ4n) is 3.93. The van der Waals surface area contributed by atoms with E-state index in [4.69, 9.17) is 16.3 Å². The number of rotatable bonds is 5. The Hall–Kier alpha value is -2.41. The van der Waals surface area contributed by atoms with Crippen molar-refractivity contribution in [2.45, 2.75) is 51.2 Å². The molecule has 1 heterocycles. The van der Waals surface area contributed by atoms with Crippen LogP contribution in [0, 0.1) is 5.92 Å². The van der Waals surface area contributed by atoms with E-state index in [1.54, 1.807) is 18.2 Å². The highest BCUT2D eigenvalue weighted by atomic mass is 35.5. The lowest BCUT2D eigenvalue weighted by atomic mass is 9.73. The van der Waals surface area contributed by atoms with Gasteiger partial charge in [-0.15, -0.1) is 0 Å². The van der Waals surface area contributed by atoms with Gasteiger partial charge in [-0.05, 0) is 37.8 Å². The zero-order valence-electron chi connectivity index (χ0n) is 15.9. The molecule has 2 fully saturated rings. The first kappa shape index (κ1) is 20.3. The van der Waals surface area contributed by atoms with E-state index in [9.17, 15) is 19.2 Å². The van der Waals surface area contributed by atoms with Crippen LogP contribution in [0.5, 0.6) is 0 Å². The van der Waals surface area contributed by atoms with Gasteiger partial charge in [-0.25, -0.2) is 4.79 Å². The van der Waals surface area contributed by atoms with Crippen molar-refractivity contribution < 1.29 is 23.9 Å². The molecular weight excluding hydrogens is 384 g/mol. The van der Waals surface area contributed by atoms with Crippen molar-refractivity contribution in [2.24, 2.45) is 5.92 Å². The van der Waals surface area contributed by atoms with Gasteiger partial charge >= 0.3 is 12.0 Å². The summed E-state index contributed by atoms with van der Waals surface area (Å²) >= 11 is 5.88. The first-order valence-electron chi connectivity index (χ1n) is 9.38. The summed E-state index contributed by atoms with van der Waals surface area (Å²) in [5, 5.41) is 3.18. The number of nitrogens with one attached hydrogen (secondary N) is 1. The highest BCUT2D eigenvalue weighted by Crippen LogP contribution is 2.38. The fraction of sp³-hybridized carbons (Fsp3) is 0.500. The minimum Gasteiger partial charge on any atom is -0.453 e. The molecule has 150 valence electrons. The summed E-state index contributed by atoms with van der Waals surface area (Å²) in [6.07, 6.45) is 2.20. The third-order valence-corrected chi connectivity index (χ3v) is 5.81. The molecule has 3 amide bonds. The molecule has 3 atom stereocenters. The highest BCUT2D eigenvalue weighted by Gasteiger charge is 2.55. The van der Waals surface area contributed by atoms with Crippen molar-refractivity contribution in [2.75, 3.05) is 6.54 Å². The van der Waals surface area contributed by atoms with Gasteiger partial charge < -0.3 is 10.1 Å². The lowest BCUT2D eigenvalue weighted by Crippen LogP contribution is -2.54. The fourth-order valence-corrected chi connectivity index (χ4v) is 4.12. The van der Waals surface area contributed by atoms with Gasteiger partial charge in [-0.3, -0.25) is 19.3 Å². The first-order chi connectivity index (χ1) is 13.2. The van der Waals surface area contributed by atoms with Crippen LogP contribution in [0.4, 0.5) is 4.79 Å². The number of imide groups is 1. The lowest BCUT2D eigenvalue weighted by Gasteiger charge is -2.36. The molecule has 3 rings (SSSR count). The number of carbonyl (C=O) groups is 4. The molecule has 2 aliphatic rings. The Balaban J connectivity index is 1.63. The number of benzene rings is 1. The molecule has 1 saturated heterocycles. The summed E-state index contributed by atoms with van der Waals surface area (Å²) in [6, 6.07) is 5.73. The van der Waals surface area contributed by atoms with Crippen LogP contribution >= 0.6 is 11.6 Å². The van der Waals surface area contributed by atoms with E-state index in [0.717, 1.165) is 24.2 Å². The Labute approximate surface area is 168 Å². The third-order valence-electron chi connectivity index (χ3n) is 5.58. The van der Waals surface area contributed by atoms with Crippen LogP contribution in [-0.4, -0.2) is 46.8 Å². The quantitative estimate of drug-likeness (QED) is 0.461. The average molecular weight is 407 g/mol. The zero-order chi connectivity index (χ0) is 20.5. The molecule has 1 saturated carbocycles. The number of halogens is 1. The van der Waals surface area contributed by atoms with E-state index >= 15 is 0 Å². The van der Waals surface area contributed by atoms with Gasteiger partial charge in [0, 0.05) is 10.6 Å². The van der Waals surface area contributed by atoms with Crippen molar-refractivity contribution in [1.82, 2.24) is 10.2 Å². The van der Waals surface area contributed by atoms with Crippen LogP contribution in [0.1, 0.15) is 49.9 Å². The minimum atomic E-state index is -1.06. The van der Waals surface area contributed by atoms with Crippen molar-refractivity contribution in [3.05, 3.63) is 34.9 Å². The molecule has 1 spiro atoms. The number of Topliss-reactive ketones (excluding diaryl/α,β-unsaturated/α-hetero) is 1. The second kappa shape index (κ2) is 7.91. The van der Waals surface area contributed by atoms with Crippen molar-refractivity contribution in [3.8, 4) is 0 Å². The standard InChI is InChI=1S/C20H23ClN2O5/c1-12-6-3-4-9-20(12)18(26)23(19(27)22-20)11-16(24)28-13(2)17(25)14-7-5-8-15(21)10-14/h5,7-8,10,12-13H,3-4,6,9,11H2,1-2H3,(H,22,27)/t12-,13+,20+/m1/s1. The minimum absolute atomic E-state index is 0.00190. The molecule has 0 unspecified atom stereocenters. The SMILES string of the molecule is C[C@H](OC(=O)CN1C(=O)N[C@]2(CCCC[C@H]2C)C1=O)C(=O)c1cccc(Cl)c1. The van der Waals surface area contributed by atoms with Crippen LogP contribution in [0.25, 0.3) is 0 Å². The number of ketones is 1. The Morgan fingerprint density at radius 1 is 1.36 bits per heavy atom. The van der Waals surface area contributed by atoms with Crippen LogP contribution in [0.2, 0.25) is 5.02 Å². The molecule has 7 nitrogen and oxygen atoms in total. The number of carbonyl (C=O) groups excluding carboxylic acids is 4. The molecular formula is C20H23ClN2O5. The predicted molar refractivity (Wildman–Crippen MR) is 102 cm³/mol. The van der Waals surface area contributed by atoms with E-state index in [1.807, 2.05) is 6.92 Å².